The topological polar surface area (TPSA) is 92.5 Å². The van der Waals surface area contributed by atoms with Crippen molar-refractivity contribution in [3.63, 3.8) is 0 Å². The smallest absolute Gasteiger partial charge is 0.254 e. The fourth-order valence-electron chi connectivity index (χ4n) is 3.30. The summed E-state index contributed by atoms with van der Waals surface area (Å²) >= 11 is 1.26. The largest absolute Gasteiger partial charge is 0.365 e. The van der Waals surface area contributed by atoms with Gasteiger partial charge in [0.25, 0.3) is 11.8 Å². The number of aryl methyl sites for hydroxylation is 1. The lowest BCUT2D eigenvalue weighted by Crippen LogP contribution is -2.39. The molecule has 0 spiro atoms. The summed E-state index contributed by atoms with van der Waals surface area (Å²) < 4.78 is 13.5. The SMILES string of the molecule is Cc1sc(NC(=O)CN(CC2=CCC=C(F)C=C2)C(=O)c2ccccc2)c(C(N)=O)c1C. The molecule has 1 aromatic heterocycles. The molecule has 0 saturated carbocycles. The number of anilines is 1. The van der Waals surface area contributed by atoms with Gasteiger partial charge in [-0.1, -0.05) is 30.4 Å². The van der Waals surface area contributed by atoms with E-state index in [0.29, 0.717) is 22.6 Å². The van der Waals surface area contributed by atoms with Crippen molar-refractivity contribution >= 4 is 34.1 Å². The second-order valence-electron chi connectivity index (χ2n) is 7.36. The van der Waals surface area contributed by atoms with Crippen LogP contribution < -0.4 is 11.1 Å². The zero-order valence-electron chi connectivity index (χ0n) is 17.9. The summed E-state index contributed by atoms with van der Waals surface area (Å²) in [7, 11) is 0. The molecule has 0 bridgehead atoms. The highest BCUT2D eigenvalue weighted by molar-refractivity contribution is 7.16. The Morgan fingerprint density at radius 2 is 1.84 bits per heavy atom. The predicted octanol–water partition coefficient (Wildman–Crippen LogP) is 4.28. The molecule has 1 aliphatic rings. The van der Waals surface area contributed by atoms with Gasteiger partial charge < -0.3 is 16.0 Å². The molecule has 3 N–H and O–H groups in total. The maximum absolute atomic E-state index is 13.5. The van der Waals surface area contributed by atoms with Gasteiger partial charge in [0.15, 0.2) is 0 Å². The summed E-state index contributed by atoms with van der Waals surface area (Å²) in [6, 6.07) is 8.62. The highest BCUT2D eigenvalue weighted by atomic mass is 32.1. The van der Waals surface area contributed by atoms with Crippen molar-refractivity contribution in [2.45, 2.75) is 20.3 Å². The predicted molar refractivity (Wildman–Crippen MR) is 124 cm³/mol. The first-order valence-corrected chi connectivity index (χ1v) is 10.8. The minimum atomic E-state index is -0.623. The molecule has 8 heteroatoms. The molecule has 1 aliphatic carbocycles. The first-order chi connectivity index (χ1) is 15.3. The molecule has 0 atom stereocenters. The molecule has 3 rings (SSSR count). The zero-order valence-corrected chi connectivity index (χ0v) is 18.7. The molecule has 0 radical (unpaired) electrons. The maximum Gasteiger partial charge on any atom is 0.254 e. The summed E-state index contributed by atoms with van der Waals surface area (Å²) in [6.45, 7) is 3.49. The van der Waals surface area contributed by atoms with Crippen LogP contribution in [0, 0.1) is 13.8 Å². The van der Waals surface area contributed by atoms with Crippen LogP contribution >= 0.6 is 11.3 Å². The zero-order chi connectivity index (χ0) is 23.3. The minimum absolute atomic E-state index is 0.129. The van der Waals surface area contributed by atoms with Gasteiger partial charge in [-0.3, -0.25) is 14.4 Å². The molecule has 1 heterocycles. The number of rotatable bonds is 7. The molecular weight excluding hydrogens is 429 g/mol. The van der Waals surface area contributed by atoms with Gasteiger partial charge in [0.05, 0.1) is 5.56 Å². The van der Waals surface area contributed by atoms with Crippen molar-refractivity contribution in [2.24, 2.45) is 5.73 Å². The Balaban J connectivity index is 1.82. The van der Waals surface area contributed by atoms with E-state index in [1.165, 1.54) is 28.4 Å². The van der Waals surface area contributed by atoms with Crippen LogP contribution in [-0.4, -0.2) is 35.7 Å². The van der Waals surface area contributed by atoms with E-state index in [1.807, 2.05) is 13.0 Å². The molecule has 3 amide bonds. The molecule has 32 heavy (non-hydrogen) atoms. The van der Waals surface area contributed by atoms with Gasteiger partial charge in [-0.25, -0.2) is 4.39 Å². The normalized spacial score (nSPS) is 13.1. The van der Waals surface area contributed by atoms with E-state index in [9.17, 15) is 18.8 Å². The number of thiophene rings is 1. The molecule has 6 nitrogen and oxygen atoms in total. The monoisotopic (exact) mass is 453 g/mol. The average Bonchev–Trinajstić information content (AvgIpc) is 2.89. The number of nitrogens with two attached hydrogens (primary N) is 1. The van der Waals surface area contributed by atoms with E-state index in [-0.39, 0.29) is 30.4 Å². The number of primary amides is 1. The highest BCUT2D eigenvalue weighted by Gasteiger charge is 2.23. The Morgan fingerprint density at radius 3 is 2.53 bits per heavy atom. The second-order valence-corrected chi connectivity index (χ2v) is 8.59. The molecule has 2 aromatic rings. The van der Waals surface area contributed by atoms with Crippen LogP contribution in [0.1, 0.15) is 37.6 Å². The van der Waals surface area contributed by atoms with Crippen LogP contribution in [0.25, 0.3) is 0 Å². The number of halogens is 1. The van der Waals surface area contributed by atoms with Crippen molar-refractivity contribution in [3.8, 4) is 0 Å². The van der Waals surface area contributed by atoms with Crippen LogP contribution in [-0.2, 0) is 4.79 Å². The molecule has 0 saturated heterocycles. The Hall–Kier alpha value is -3.52. The summed E-state index contributed by atoms with van der Waals surface area (Å²) in [4.78, 5) is 40.1. The summed E-state index contributed by atoms with van der Waals surface area (Å²) in [5, 5.41) is 3.09. The lowest BCUT2D eigenvalue weighted by atomic mass is 10.1. The number of nitrogens with zero attached hydrogens (tertiary/aromatic N) is 1. The fourth-order valence-corrected chi connectivity index (χ4v) is 4.38. The number of allylic oxidation sites excluding steroid dienone is 4. The number of amides is 3. The van der Waals surface area contributed by atoms with Gasteiger partial charge in [0.1, 0.15) is 17.4 Å². The quantitative estimate of drug-likeness (QED) is 0.655. The number of carbonyl (C=O) groups is 3. The third kappa shape index (κ3) is 5.59. The Bertz CT molecular complexity index is 1130. The van der Waals surface area contributed by atoms with E-state index in [2.05, 4.69) is 5.32 Å². The van der Waals surface area contributed by atoms with E-state index in [4.69, 9.17) is 5.73 Å². The molecule has 0 aliphatic heterocycles. The van der Waals surface area contributed by atoms with Crippen LogP contribution in [0.2, 0.25) is 0 Å². The van der Waals surface area contributed by atoms with Crippen molar-refractivity contribution in [1.29, 1.82) is 0 Å². The maximum atomic E-state index is 13.5. The third-order valence-corrected chi connectivity index (χ3v) is 6.17. The van der Waals surface area contributed by atoms with Crippen molar-refractivity contribution in [2.75, 3.05) is 18.4 Å². The van der Waals surface area contributed by atoms with Crippen molar-refractivity contribution in [3.05, 3.63) is 87.6 Å². The van der Waals surface area contributed by atoms with Crippen molar-refractivity contribution in [1.82, 2.24) is 4.90 Å². The first-order valence-electron chi connectivity index (χ1n) is 10.0. The molecular formula is C24H24FN3O3S. The Morgan fingerprint density at radius 1 is 1.12 bits per heavy atom. The number of nitrogens with one attached hydrogen (secondary N) is 1. The van der Waals surface area contributed by atoms with Crippen LogP contribution in [0.3, 0.4) is 0 Å². The second kappa shape index (κ2) is 10.2. The number of benzene rings is 1. The number of hydrogen-bond acceptors (Lipinski definition) is 4. The average molecular weight is 454 g/mol. The van der Waals surface area contributed by atoms with Gasteiger partial charge >= 0.3 is 0 Å². The van der Waals surface area contributed by atoms with E-state index >= 15 is 0 Å². The van der Waals surface area contributed by atoms with Gasteiger partial charge in [0, 0.05) is 17.0 Å². The molecule has 0 fully saturated rings. The number of carbonyl (C=O) groups excluding carboxylic acids is 3. The van der Waals surface area contributed by atoms with Crippen LogP contribution in [0.15, 0.2) is 66.0 Å². The van der Waals surface area contributed by atoms with E-state index in [1.54, 1.807) is 43.3 Å². The Labute approximate surface area is 189 Å². The van der Waals surface area contributed by atoms with Crippen LogP contribution in [0.5, 0.6) is 0 Å². The van der Waals surface area contributed by atoms with E-state index in [0.717, 1.165) is 10.4 Å². The summed E-state index contributed by atoms with van der Waals surface area (Å²) in [6.07, 6.45) is 6.57. The van der Waals surface area contributed by atoms with Gasteiger partial charge in [-0.2, -0.15) is 0 Å². The summed E-state index contributed by atoms with van der Waals surface area (Å²) in [5.74, 6) is -1.76. The number of hydrogen-bond donors (Lipinski definition) is 2. The Kier molecular flexibility index (Phi) is 7.37. The minimum Gasteiger partial charge on any atom is -0.365 e. The van der Waals surface area contributed by atoms with Crippen LogP contribution in [0.4, 0.5) is 9.39 Å². The molecule has 166 valence electrons. The third-order valence-electron chi connectivity index (χ3n) is 5.05. The van der Waals surface area contributed by atoms with E-state index < -0.39 is 11.8 Å². The molecule has 1 aromatic carbocycles. The fraction of sp³-hybridized carbons (Fsp3) is 0.208. The standard InChI is InChI=1S/C24H24FN3O3S/c1-15-16(2)32-23(21(15)22(26)30)27-20(29)14-28(24(31)18-8-4-3-5-9-18)13-17-7-6-10-19(25)12-11-17/h3-5,7-12H,6,13-14H2,1-2H3,(H2,26,30)(H,27,29). The lowest BCUT2D eigenvalue weighted by Gasteiger charge is -2.23. The van der Waals surface area contributed by atoms with Gasteiger partial charge in [-0.15, -0.1) is 11.3 Å². The highest BCUT2D eigenvalue weighted by Crippen LogP contribution is 2.32. The summed E-state index contributed by atoms with van der Waals surface area (Å²) in [5.41, 5.74) is 7.63. The van der Waals surface area contributed by atoms with Gasteiger partial charge in [-0.05, 0) is 55.7 Å². The van der Waals surface area contributed by atoms with Gasteiger partial charge in [0.2, 0.25) is 5.91 Å². The van der Waals surface area contributed by atoms with Crippen molar-refractivity contribution < 1.29 is 18.8 Å². The molecule has 0 unspecified atom stereocenters. The lowest BCUT2D eigenvalue weighted by molar-refractivity contribution is -0.116. The first kappa shape index (κ1) is 23.1.